The molecule has 0 aliphatic carbocycles. The zero-order valence-corrected chi connectivity index (χ0v) is 12.7. The highest BCUT2D eigenvalue weighted by Gasteiger charge is 2.69. The molecule has 0 aliphatic rings. The summed E-state index contributed by atoms with van der Waals surface area (Å²) in [5, 5.41) is -4.09. The molecule has 0 radical (unpaired) electrons. The van der Waals surface area contributed by atoms with Crippen LogP contribution in [0.5, 0.6) is 0 Å². The van der Waals surface area contributed by atoms with Crippen LogP contribution in [-0.2, 0) is 0 Å². The van der Waals surface area contributed by atoms with E-state index in [1.165, 1.54) is 0 Å². The van der Waals surface area contributed by atoms with Crippen LogP contribution < -0.4 is 0 Å². The molecule has 0 N–H and O–H groups in total. The average molecular weight is 352 g/mol. The molecule has 0 heterocycles. The van der Waals surface area contributed by atoms with Gasteiger partial charge >= 0.3 is 5.92 Å². The van der Waals surface area contributed by atoms with Crippen LogP contribution >= 0.6 is 46.4 Å². The first-order valence-electron chi connectivity index (χ1n) is 5.45. The highest BCUT2D eigenvalue weighted by molar-refractivity contribution is 6.70. The van der Waals surface area contributed by atoms with Crippen molar-refractivity contribution in [3.05, 3.63) is 0 Å². The maximum Gasteiger partial charge on any atom is 0.330 e. The van der Waals surface area contributed by atoms with Crippen molar-refractivity contribution in [1.29, 1.82) is 0 Å². The van der Waals surface area contributed by atoms with Gasteiger partial charge in [-0.15, -0.1) is 0 Å². The van der Waals surface area contributed by atoms with Gasteiger partial charge in [-0.3, -0.25) is 0 Å². The van der Waals surface area contributed by atoms with E-state index in [0.717, 1.165) is 12.8 Å². The van der Waals surface area contributed by atoms with Gasteiger partial charge < -0.3 is 0 Å². The summed E-state index contributed by atoms with van der Waals surface area (Å²) in [6, 6.07) is 0. The number of alkyl halides is 8. The normalized spacial score (nSPS) is 18.5. The number of rotatable bonds is 7. The van der Waals surface area contributed by atoms with Crippen LogP contribution in [0.25, 0.3) is 0 Å². The molecule has 0 amide bonds. The zero-order chi connectivity index (χ0) is 14.6. The average Bonchev–Trinajstić information content (AvgIpc) is 2.22. The molecule has 0 nitrogen and oxygen atoms in total. The fourth-order valence-corrected chi connectivity index (χ4v) is 1.81. The lowest BCUT2D eigenvalue weighted by molar-refractivity contribution is -0.146. The predicted octanol–water partition coefficient (Wildman–Crippen LogP) is 6.21. The van der Waals surface area contributed by atoms with Crippen molar-refractivity contribution in [2.75, 3.05) is 0 Å². The third-order valence-electron chi connectivity index (χ3n) is 2.48. The van der Waals surface area contributed by atoms with Crippen LogP contribution in [0.2, 0.25) is 0 Å². The van der Waals surface area contributed by atoms with Crippen LogP contribution in [0.15, 0.2) is 0 Å². The predicted molar refractivity (Wildman–Crippen MR) is 68.6 cm³/mol. The summed E-state index contributed by atoms with van der Waals surface area (Å²) in [5.41, 5.74) is 0. The Hall–Kier alpha value is 0.880. The smallest absolute Gasteiger partial charge is 0.241 e. The molecule has 110 valence electrons. The first kappa shape index (κ1) is 18.9. The van der Waals surface area contributed by atoms with Crippen molar-refractivity contribution >= 4 is 46.4 Å². The fourth-order valence-electron chi connectivity index (χ4n) is 1.32. The van der Waals surface area contributed by atoms with Gasteiger partial charge in [0.05, 0.1) is 0 Å². The highest BCUT2D eigenvalue weighted by atomic mass is 35.6. The van der Waals surface area contributed by atoms with Crippen LogP contribution in [0, 0.1) is 0 Å². The second-order valence-corrected chi connectivity index (χ2v) is 6.81. The van der Waals surface area contributed by atoms with Crippen molar-refractivity contribution in [3.63, 3.8) is 0 Å². The van der Waals surface area contributed by atoms with Gasteiger partial charge in [-0.05, 0) is 6.42 Å². The van der Waals surface area contributed by atoms with E-state index in [1.807, 2.05) is 6.92 Å². The minimum absolute atomic E-state index is 0.192. The lowest BCUT2D eigenvalue weighted by atomic mass is 10.0. The van der Waals surface area contributed by atoms with E-state index >= 15 is 0 Å². The Balaban J connectivity index is 4.61. The number of unbranched alkanes of at least 4 members (excludes halogenated alkanes) is 3. The van der Waals surface area contributed by atoms with Crippen molar-refractivity contribution in [3.8, 4) is 0 Å². The number of hydrogen-bond acceptors (Lipinski definition) is 0. The van der Waals surface area contributed by atoms with Gasteiger partial charge in [0.25, 0.3) is 5.13 Å². The summed E-state index contributed by atoms with van der Waals surface area (Å²) >= 11 is 19.9. The molecular formula is C10H14Cl4F4. The summed E-state index contributed by atoms with van der Waals surface area (Å²) in [7, 11) is 0. The van der Waals surface area contributed by atoms with Gasteiger partial charge in [-0.1, -0.05) is 79.0 Å². The third-order valence-corrected chi connectivity index (χ3v) is 4.09. The molecule has 0 aliphatic heterocycles. The largest absolute Gasteiger partial charge is 0.330 e. The van der Waals surface area contributed by atoms with Crippen molar-refractivity contribution < 1.29 is 17.6 Å². The topological polar surface area (TPSA) is 0 Å². The Morgan fingerprint density at radius 1 is 0.944 bits per heavy atom. The molecule has 2 atom stereocenters. The first-order valence-corrected chi connectivity index (χ1v) is 6.96. The van der Waals surface area contributed by atoms with Gasteiger partial charge in [0.2, 0.25) is 3.79 Å². The molecule has 0 saturated heterocycles. The zero-order valence-electron chi connectivity index (χ0n) is 9.64. The molecule has 2 unspecified atom stereocenters. The van der Waals surface area contributed by atoms with Gasteiger partial charge in [0.15, 0.2) is 6.17 Å². The van der Waals surface area contributed by atoms with Crippen molar-refractivity contribution in [1.82, 2.24) is 0 Å². The Morgan fingerprint density at radius 3 is 1.83 bits per heavy atom. The van der Waals surface area contributed by atoms with Crippen LogP contribution in [0.4, 0.5) is 17.6 Å². The molecule has 0 saturated carbocycles. The summed E-state index contributed by atoms with van der Waals surface area (Å²) in [5.74, 6) is -4.58. The van der Waals surface area contributed by atoms with Crippen LogP contribution in [-0.4, -0.2) is 21.0 Å². The molecule has 0 aromatic carbocycles. The van der Waals surface area contributed by atoms with Gasteiger partial charge in [0.1, 0.15) is 0 Å². The first-order chi connectivity index (χ1) is 7.98. The maximum atomic E-state index is 13.6. The fraction of sp³-hybridized carbons (Fsp3) is 1.00. The summed E-state index contributed by atoms with van der Waals surface area (Å²) in [6.07, 6.45) is -0.923. The minimum Gasteiger partial charge on any atom is -0.241 e. The van der Waals surface area contributed by atoms with E-state index in [-0.39, 0.29) is 6.42 Å². The molecule has 0 aromatic heterocycles. The molecule has 0 bridgehead atoms. The maximum absolute atomic E-state index is 13.6. The van der Waals surface area contributed by atoms with E-state index in [0.29, 0.717) is 6.42 Å². The van der Waals surface area contributed by atoms with E-state index in [9.17, 15) is 17.6 Å². The molecular weight excluding hydrogens is 338 g/mol. The second-order valence-electron chi connectivity index (χ2n) is 4.01. The second kappa shape index (κ2) is 7.05. The Bertz CT molecular complexity index is 253. The monoisotopic (exact) mass is 350 g/mol. The van der Waals surface area contributed by atoms with E-state index in [4.69, 9.17) is 46.4 Å². The molecule has 0 fully saturated rings. The van der Waals surface area contributed by atoms with E-state index < -0.39 is 27.4 Å². The molecule has 0 spiro atoms. The van der Waals surface area contributed by atoms with Crippen molar-refractivity contribution in [2.45, 2.75) is 60.0 Å². The summed E-state index contributed by atoms with van der Waals surface area (Å²) in [6.45, 7) is 1.91. The third kappa shape index (κ3) is 4.46. The van der Waals surface area contributed by atoms with Crippen LogP contribution in [0.3, 0.4) is 0 Å². The lowest BCUT2D eigenvalue weighted by Crippen LogP contribution is -2.54. The summed E-state index contributed by atoms with van der Waals surface area (Å²) in [4.78, 5) is 0. The Morgan fingerprint density at radius 2 is 1.44 bits per heavy atom. The lowest BCUT2D eigenvalue weighted by Gasteiger charge is -2.34. The summed E-state index contributed by atoms with van der Waals surface area (Å²) < 4.78 is 50.8. The molecule has 0 aromatic rings. The van der Waals surface area contributed by atoms with Crippen LogP contribution in [0.1, 0.15) is 39.0 Å². The standard InChI is InChI=1S/C10H14Cl4F4/c1-2-3-4-5-6-7(15)8(16,17)9(11,18)10(12,13)14/h7H,2-6H2,1H3. The van der Waals surface area contributed by atoms with Gasteiger partial charge in [-0.25, -0.2) is 8.78 Å². The van der Waals surface area contributed by atoms with Gasteiger partial charge in [-0.2, -0.15) is 8.78 Å². The van der Waals surface area contributed by atoms with Crippen molar-refractivity contribution in [2.24, 2.45) is 0 Å². The van der Waals surface area contributed by atoms with Gasteiger partial charge in [0, 0.05) is 0 Å². The Kier molecular flexibility index (Phi) is 7.40. The number of hydrogen-bond donors (Lipinski definition) is 0. The molecule has 0 rings (SSSR count). The molecule has 8 heteroatoms. The Labute approximate surface area is 124 Å². The van der Waals surface area contributed by atoms with E-state index in [2.05, 4.69) is 0 Å². The van der Waals surface area contributed by atoms with E-state index in [1.54, 1.807) is 0 Å². The highest BCUT2D eigenvalue weighted by Crippen LogP contribution is 2.54. The quantitative estimate of drug-likeness (QED) is 0.291. The number of halogens is 8. The molecule has 18 heavy (non-hydrogen) atoms. The minimum atomic E-state index is -4.58. The SMILES string of the molecule is CCCCCCC(F)C(F)(F)C(F)(Cl)C(Cl)(Cl)Cl.